The molecule has 144 valence electrons. The highest BCUT2D eigenvalue weighted by Crippen LogP contribution is 2.27. The van der Waals surface area contributed by atoms with Crippen LogP contribution in [0.1, 0.15) is 11.4 Å². The van der Waals surface area contributed by atoms with E-state index in [0.29, 0.717) is 33.2 Å². The molecule has 0 unspecified atom stereocenters. The van der Waals surface area contributed by atoms with E-state index in [1.807, 2.05) is 6.07 Å². The van der Waals surface area contributed by atoms with Gasteiger partial charge in [0.25, 0.3) is 5.56 Å². The fourth-order valence-electron chi connectivity index (χ4n) is 3.05. The van der Waals surface area contributed by atoms with Crippen LogP contribution in [0.15, 0.2) is 71.5 Å². The summed E-state index contributed by atoms with van der Waals surface area (Å²) in [6.45, 7) is 0. The predicted octanol–water partition coefficient (Wildman–Crippen LogP) is 5.36. The van der Waals surface area contributed by atoms with E-state index in [2.05, 4.69) is 4.98 Å². The van der Waals surface area contributed by atoms with E-state index >= 15 is 0 Å². The molecule has 0 bridgehead atoms. The van der Waals surface area contributed by atoms with Crippen LogP contribution in [-0.2, 0) is 0 Å². The standard InChI is InChI=1S/C23H16ClFN2O2/c1-29-21-12-11-17(14-19(21)24)27-22(13-8-15-6-9-16(25)10-7-15)26-20-5-3-2-4-18(20)23(27)28/h2-14H,1H3/b13-8+. The lowest BCUT2D eigenvalue weighted by atomic mass is 10.2. The number of rotatable bonds is 4. The van der Waals surface area contributed by atoms with Crippen molar-refractivity contribution in [3.05, 3.63) is 99.3 Å². The molecule has 0 fully saturated rings. The lowest BCUT2D eigenvalue weighted by Crippen LogP contribution is -2.22. The van der Waals surface area contributed by atoms with E-state index in [0.717, 1.165) is 5.56 Å². The summed E-state index contributed by atoms with van der Waals surface area (Å²) >= 11 is 6.28. The number of nitrogens with zero attached hydrogens (tertiary/aromatic N) is 2. The van der Waals surface area contributed by atoms with Crippen molar-refractivity contribution in [2.45, 2.75) is 0 Å². The third-order valence-electron chi connectivity index (χ3n) is 4.49. The number of halogens is 2. The second-order valence-corrected chi connectivity index (χ2v) is 6.74. The maximum Gasteiger partial charge on any atom is 0.266 e. The average Bonchev–Trinajstić information content (AvgIpc) is 2.73. The minimum atomic E-state index is -0.309. The monoisotopic (exact) mass is 406 g/mol. The number of aromatic nitrogens is 2. The molecule has 3 aromatic carbocycles. The maximum absolute atomic E-state index is 13.2. The Hall–Kier alpha value is -3.44. The minimum Gasteiger partial charge on any atom is -0.495 e. The predicted molar refractivity (Wildman–Crippen MR) is 114 cm³/mol. The van der Waals surface area contributed by atoms with Gasteiger partial charge in [-0.25, -0.2) is 9.37 Å². The summed E-state index contributed by atoms with van der Waals surface area (Å²) in [5.41, 5.74) is 1.73. The first-order chi connectivity index (χ1) is 14.1. The Labute approximate surface area is 171 Å². The highest BCUT2D eigenvalue weighted by atomic mass is 35.5. The lowest BCUT2D eigenvalue weighted by Gasteiger charge is -2.13. The van der Waals surface area contributed by atoms with E-state index in [9.17, 15) is 9.18 Å². The summed E-state index contributed by atoms with van der Waals surface area (Å²) in [4.78, 5) is 17.9. The van der Waals surface area contributed by atoms with Crippen LogP contribution in [0.3, 0.4) is 0 Å². The highest BCUT2D eigenvalue weighted by Gasteiger charge is 2.12. The van der Waals surface area contributed by atoms with Crippen LogP contribution in [0.5, 0.6) is 5.75 Å². The topological polar surface area (TPSA) is 44.1 Å². The molecule has 0 saturated carbocycles. The van der Waals surface area contributed by atoms with Gasteiger partial charge in [-0.3, -0.25) is 9.36 Å². The average molecular weight is 407 g/mol. The zero-order valence-electron chi connectivity index (χ0n) is 15.5. The van der Waals surface area contributed by atoms with Crippen LogP contribution < -0.4 is 10.3 Å². The molecule has 29 heavy (non-hydrogen) atoms. The molecular weight excluding hydrogens is 391 g/mol. The van der Waals surface area contributed by atoms with Crippen LogP contribution in [0.2, 0.25) is 5.02 Å². The van der Waals surface area contributed by atoms with E-state index < -0.39 is 0 Å². The van der Waals surface area contributed by atoms with E-state index in [4.69, 9.17) is 16.3 Å². The van der Waals surface area contributed by atoms with E-state index in [1.54, 1.807) is 60.7 Å². The van der Waals surface area contributed by atoms with Crippen molar-refractivity contribution in [3.63, 3.8) is 0 Å². The number of benzene rings is 3. The Balaban J connectivity index is 1.92. The zero-order chi connectivity index (χ0) is 20.4. The van der Waals surface area contributed by atoms with Crippen molar-refractivity contribution in [3.8, 4) is 11.4 Å². The molecule has 0 atom stereocenters. The van der Waals surface area contributed by atoms with Gasteiger partial charge in [0.15, 0.2) is 0 Å². The molecule has 1 aromatic heterocycles. The first-order valence-corrected chi connectivity index (χ1v) is 9.24. The molecule has 0 aliphatic rings. The first kappa shape index (κ1) is 18.9. The van der Waals surface area contributed by atoms with Gasteiger partial charge in [-0.2, -0.15) is 0 Å². The van der Waals surface area contributed by atoms with Crippen LogP contribution in [0, 0.1) is 5.82 Å². The summed E-state index contributed by atoms with van der Waals surface area (Å²) < 4.78 is 19.9. The number of para-hydroxylation sites is 1. The van der Waals surface area contributed by atoms with Crippen LogP contribution >= 0.6 is 11.6 Å². The maximum atomic E-state index is 13.2. The minimum absolute atomic E-state index is 0.212. The normalized spacial score (nSPS) is 11.3. The van der Waals surface area contributed by atoms with Gasteiger partial charge in [0.05, 0.1) is 28.7 Å². The van der Waals surface area contributed by atoms with Crippen molar-refractivity contribution in [2.75, 3.05) is 7.11 Å². The fourth-order valence-corrected chi connectivity index (χ4v) is 3.30. The summed E-state index contributed by atoms with van der Waals surface area (Å²) in [6, 6.07) is 18.3. The van der Waals surface area contributed by atoms with Crippen molar-refractivity contribution < 1.29 is 9.13 Å². The molecule has 0 radical (unpaired) electrons. The van der Waals surface area contributed by atoms with Gasteiger partial charge in [0.1, 0.15) is 17.4 Å². The van der Waals surface area contributed by atoms with Gasteiger partial charge in [0.2, 0.25) is 0 Å². The largest absolute Gasteiger partial charge is 0.495 e. The molecule has 1 heterocycles. The summed E-state index contributed by atoms with van der Waals surface area (Å²) in [5.74, 6) is 0.635. The molecule has 4 rings (SSSR count). The third-order valence-corrected chi connectivity index (χ3v) is 4.79. The van der Waals surface area contributed by atoms with Crippen LogP contribution in [0.25, 0.3) is 28.7 Å². The molecule has 4 nitrogen and oxygen atoms in total. The third kappa shape index (κ3) is 3.77. The van der Waals surface area contributed by atoms with Crippen molar-refractivity contribution in [2.24, 2.45) is 0 Å². The summed E-state index contributed by atoms with van der Waals surface area (Å²) in [6.07, 6.45) is 3.50. The van der Waals surface area contributed by atoms with Crippen molar-refractivity contribution >= 4 is 34.7 Å². The molecule has 0 amide bonds. The van der Waals surface area contributed by atoms with Gasteiger partial charge >= 0.3 is 0 Å². The number of fused-ring (bicyclic) bond motifs is 1. The SMILES string of the molecule is COc1ccc(-n2c(/C=C/c3ccc(F)cc3)nc3ccccc3c2=O)cc1Cl. The van der Waals surface area contributed by atoms with Gasteiger partial charge in [0, 0.05) is 0 Å². The van der Waals surface area contributed by atoms with Gasteiger partial charge < -0.3 is 4.74 Å². The number of hydrogen-bond donors (Lipinski definition) is 0. The summed E-state index contributed by atoms with van der Waals surface area (Å²) in [5, 5.41) is 0.886. The van der Waals surface area contributed by atoms with Crippen LogP contribution in [0.4, 0.5) is 4.39 Å². The van der Waals surface area contributed by atoms with Crippen LogP contribution in [-0.4, -0.2) is 16.7 Å². The smallest absolute Gasteiger partial charge is 0.266 e. The summed E-state index contributed by atoms with van der Waals surface area (Å²) in [7, 11) is 1.53. The Morgan fingerprint density at radius 1 is 1.03 bits per heavy atom. The lowest BCUT2D eigenvalue weighted by molar-refractivity contribution is 0.415. The van der Waals surface area contributed by atoms with E-state index in [1.165, 1.54) is 23.8 Å². The zero-order valence-corrected chi connectivity index (χ0v) is 16.2. The van der Waals surface area contributed by atoms with E-state index in [-0.39, 0.29) is 11.4 Å². The molecule has 0 aliphatic carbocycles. The van der Waals surface area contributed by atoms with Gasteiger partial charge in [-0.1, -0.05) is 41.9 Å². The molecule has 0 N–H and O–H groups in total. The highest BCUT2D eigenvalue weighted by molar-refractivity contribution is 6.32. The second-order valence-electron chi connectivity index (χ2n) is 6.33. The number of ether oxygens (including phenoxy) is 1. The molecule has 6 heteroatoms. The Kier molecular flexibility index (Phi) is 5.14. The van der Waals surface area contributed by atoms with Crippen molar-refractivity contribution in [1.82, 2.24) is 9.55 Å². The second kappa shape index (κ2) is 7.89. The quantitative estimate of drug-likeness (QED) is 0.458. The Morgan fingerprint density at radius 2 is 1.79 bits per heavy atom. The van der Waals surface area contributed by atoms with Crippen molar-refractivity contribution in [1.29, 1.82) is 0 Å². The van der Waals surface area contributed by atoms with Gasteiger partial charge in [-0.15, -0.1) is 0 Å². The Morgan fingerprint density at radius 3 is 2.52 bits per heavy atom. The molecule has 0 aliphatic heterocycles. The molecule has 0 spiro atoms. The number of methoxy groups -OCH3 is 1. The first-order valence-electron chi connectivity index (χ1n) is 8.86. The number of hydrogen-bond acceptors (Lipinski definition) is 3. The molecule has 4 aromatic rings. The molecular formula is C23H16ClFN2O2. The van der Waals surface area contributed by atoms with Gasteiger partial charge in [-0.05, 0) is 54.1 Å². The Bertz CT molecular complexity index is 1280. The molecule has 0 saturated heterocycles. The fraction of sp³-hybridized carbons (Fsp3) is 0.0435.